The maximum Gasteiger partial charge on any atom is 0.248 e. The van der Waals surface area contributed by atoms with Crippen LogP contribution in [0.2, 0.25) is 0 Å². The number of aromatic nitrogens is 3. The van der Waals surface area contributed by atoms with Gasteiger partial charge in [0, 0.05) is 18.0 Å². The van der Waals surface area contributed by atoms with E-state index in [-0.39, 0.29) is 18.4 Å². The SMILES string of the molecule is CC(C)CCNC(=O)[C@@H](c1cccs1)N(Cc1ccccc1)C(=O)Cn1nnc2ccccc21. The van der Waals surface area contributed by atoms with E-state index in [0.29, 0.717) is 19.0 Å². The van der Waals surface area contributed by atoms with Crippen molar-refractivity contribution in [2.24, 2.45) is 5.92 Å². The highest BCUT2D eigenvalue weighted by molar-refractivity contribution is 7.10. The zero-order valence-electron chi connectivity index (χ0n) is 19.4. The van der Waals surface area contributed by atoms with Gasteiger partial charge in [0.2, 0.25) is 11.8 Å². The number of benzene rings is 2. The first-order valence-corrected chi connectivity index (χ1v) is 12.3. The number of nitrogens with one attached hydrogen (secondary N) is 1. The van der Waals surface area contributed by atoms with Crippen molar-refractivity contribution in [3.05, 3.63) is 82.6 Å². The summed E-state index contributed by atoms with van der Waals surface area (Å²) in [7, 11) is 0. The second kappa shape index (κ2) is 11.1. The van der Waals surface area contributed by atoms with Crippen LogP contribution in [-0.2, 0) is 22.7 Å². The molecule has 0 aliphatic carbocycles. The first-order valence-electron chi connectivity index (χ1n) is 11.5. The van der Waals surface area contributed by atoms with Gasteiger partial charge in [-0.2, -0.15) is 0 Å². The summed E-state index contributed by atoms with van der Waals surface area (Å²) in [5.74, 6) is 0.107. The van der Waals surface area contributed by atoms with Gasteiger partial charge in [-0.05, 0) is 41.5 Å². The van der Waals surface area contributed by atoms with Crippen LogP contribution in [0.5, 0.6) is 0 Å². The lowest BCUT2D eigenvalue weighted by Gasteiger charge is -2.31. The highest BCUT2D eigenvalue weighted by atomic mass is 32.1. The van der Waals surface area contributed by atoms with E-state index in [2.05, 4.69) is 29.5 Å². The Morgan fingerprint density at radius 2 is 1.79 bits per heavy atom. The zero-order chi connectivity index (χ0) is 23.9. The number of nitrogens with zero attached hydrogens (tertiary/aromatic N) is 4. The molecule has 176 valence electrons. The van der Waals surface area contributed by atoms with E-state index in [1.165, 1.54) is 11.3 Å². The highest BCUT2D eigenvalue weighted by Crippen LogP contribution is 2.28. The average Bonchev–Trinajstić information content (AvgIpc) is 3.50. The Morgan fingerprint density at radius 3 is 2.53 bits per heavy atom. The van der Waals surface area contributed by atoms with Crippen molar-refractivity contribution in [3.8, 4) is 0 Å². The molecule has 0 saturated carbocycles. The van der Waals surface area contributed by atoms with E-state index in [1.807, 2.05) is 72.1 Å². The number of carbonyl (C=O) groups excluding carboxylic acids is 2. The molecule has 34 heavy (non-hydrogen) atoms. The van der Waals surface area contributed by atoms with Crippen molar-refractivity contribution < 1.29 is 9.59 Å². The fraction of sp³-hybridized carbons (Fsp3) is 0.308. The van der Waals surface area contributed by atoms with E-state index in [0.717, 1.165) is 27.9 Å². The second-order valence-corrected chi connectivity index (χ2v) is 9.61. The molecule has 0 saturated heterocycles. The van der Waals surface area contributed by atoms with Crippen LogP contribution in [0.4, 0.5) is 0 Å². The first-order chi connectivity index (χ1) is 16.5. The number of amides is 2. The largest absolute Gasteiger partial charge is 0.354 e. The van der Waals surface area contributed by atoms with Crippen molar-refractivity contribution in [3.63, 3.8) is 0 Å². The molecule has 7 nitrogen and oxygen atoms in total. The molecule has 0 aliphatic rings. The molecule has 2 amide bonds. The van der Waals surface area contributed by atoms with Crippen LogP contribution in [0.3, 0.4) is 0 Å². The summed E-state index contributed by atoms with van der Waals surface area (Å²) in [5, 5.41) is 13.3. The van der Waals surface area contributed by atoms with Crippen molar-refractivity contribution in [2.75, 3.05) is 6.54 Å². The average molecular weight is 476 g/mol. The van der Waals surface area contributed by atoms with Crippen molar-refractivity contribution in [1.82, 2.24) is 25.2 Å². The molecule has 4 rings (SSSR count). The fourth-order valence-corrected chi connectivity index (χ4v) is 4.64. The standard InChI is InChI=1S/C26H29N5O2S/c1-19(2)14-15-27-26(33)25(23-13-8-16-34-23)30(17-20-9-4-3-5-10-20)24(32)18-31-22-12-7-6-11-21(22)28-29-31/h3-13,16,19,25H,14-15,17-18H2,1-2H3,(H,27,33)/t25-/m1/s1. The molecule has 2 heterocycles. The van der Waals surface area contributed by atoms with Crippen LogP contribution >= 0.6 is 11.3 Å². The van der Waals surface area contributed by atoms with Crippen LogP contribution in [0, 0.1) is 5.92 Å². The third kappa shape index (κ3) is 5.69. The van der Waals surface area contributed by atoms with E-state index >= 15 is 0 Å². The Morgan fingerprint density at radius 1 is 1.03 bits per heavy atom. The summed E-state index contributed by atoms with van der Waals surface area (Å²) in [6, 6.07) is 20.4. The summed E-state index contributed by atoms with van der Waals surface area (Å²) in [6.45, 7) is 5.12. The van der Waals surface area contributed by atoms with Crippen LogP contribution < -0.4 is 5.32 Å². The lowest BCUT2D eigenvalue weighted by Crippen LogP contribution is -2.44. The van der Waals surface area contributed by atoms with Crippen molar-refractivity contribution in [1.29, 1.82) is 0 Å². The molecule has 0 fully saturated rings. The number of thiophene rings is 1. The molecule has 8 heteroatoms. The maximum absolute atomic E-state index is 13.7. The van der Waals surface area contributed by atoms with Crippen molar-refractivity contribution >= 4 is 34.2 Å². The monoisotopic (exact) mass is 475 g/mol. The molecule has 0 unspecified atom stereocenters. The van der Waals surface area contributed by atoms with E-state index in [4.69, 9.17) is 0 Å². The minimum Gasteiger partial charge on any atom is -0.354 e. The van der Waals surface area contributed by atoms with Gasteiger partial charge < -0.3 is 10.2 Å². The summed E-state index contributed by atoms with van der Waals surface area (Å²) in [4.78, 5) is 29.7. The van der Waals surface area contributed by atoms with Gasteiger partial charge in [-0.25, -0.2) is 4.68 Å². The number of para-hydroxylation sites is 1. The zero-order valence-corrected chi connectivity index (χ0v) is 20.2. The van der Waals surface area contributed by atoms with Crippen LogP contribution in [-0.4, -0.2) is 38.3 Å². The van der Waals surface area contributed by atoms with E-state index < -0.39 is 6.04 Å². The number of hydrogen-bond acceptors (Lipinski definition) is 5. The molecule has 0 aliphatic heterocycles. The Hall–Kier alpha value is -3.52. The molecule has 0 spiro atoms. The Kier molecular flexibility index (Phi) is 7.69. The second-order valence-electron chi connectivity index (χ2n) is 8.63. The minimum absolute atomic E-state index is 0.00546. The predicted octanol–water partition coefficient (Wildman–Crippen LogP) is 4.43. The van der Waals surface area contributed by atoms with Gasteiger partial charge in [0.25, 0.3) is 0 Å². The predicted molar refractivity (Wildman–Crippen MR) is 134 cm³/mol. The summed E-state index contributed by atoms with van der Waals surface area (Å²) < 4.78 is 1.60. The number of fused-ring (bicyclic) bond motifs is 1. The summed E-state index contributed by atoms with van der Waals surface area (Å²) >= 11 is 1.48. The molecular weight excluding hydrogens is 446 g/mol. The number of hydrogen-bond donors (Lipinski definition) is 1. The highest BCUT2D eigenvalue weighted by Gasteiger charge is 2.32. The van der Waals surface area contributed by atoms with Gasteiger partial charge in [0.15, 0.2) is 0 Å². The Bertz CT molecular complexity index is 1220. The molecule has 4 aromatic rings. The van der Waals surface area contributed by atoms with Gasteiger partial charge >= 0.3 is 0 Å². The van der Waals surface area contributed by atoms with E-state index in [9.17, 15) is 9.59 Å². The van der Waals surface area contributed by atoms with Crippen molar-refractivity contribution in [2.45, 2.75) is 39.4 Å². The summed E-state index contributed by atoms with van der Waals surface area (Å²) in [5.41, 5.74) is 2.46. The maximum atomic E-state index is 13.7. The molecule has 1 atom stereocenters. The summed E-state index contributed by atoms with van der Waals surface area (Å²) in [6.07, 6.45) is 0.875. The quantitative estimate of drug-likeness (QED) is 0.368. The first kappa shape index (κ1) is 23.6. The molecule has 0 bridgehead atoms. The smallest absolute Gasteiger partial charge is 0.248 e. The van der Waals surface area contributed by atoms with Crippen LogP contribution in [0.15, 0.2) is 72.1 Å². The lowest BCUT2D eigenvalue weighted by atomic mass is 10.1. The number of rotatable bonds is 10. The van der Waals surface area contributed by atoms with Gasteiger partial charge in [-0.15, -0.1) is 16.4 Å². The van der Waals surface area contributed by atoms with Crippen LogP contribution in [0.1, 0.15) is 36.8 Å². The minimum atomic E-state index is -0.727. The normalized spacial score (nSPS) is 12.1. The Labute approximate surface area is 203 Å². The van der Waals surface area contributed by atoms with Gasteiger partial charge in [-0.1, -0.05) is 67.6 Å². The molecule has 0 radical (unpaired) electrons. The molecule has 2 aromatic carbocycles. The third-order valence-corrected chi connectivity index (χ3v) is 6.54. The third-order valence-electron chi connectivity index (χ3n) is 5.61. The van der Waals surface area contributed by atoms with Gasteiger partial charge in [0.05, 0.1) is 5.52 Å². The lowest BCUT2D eigenvalue weighted by molar-refractivity contribution is -0.142. The van der Waals surface area contributed by atoms with Gasteiger partial charge in [0.1, 0.15) is 18.1 Å². The van der Waals surface area contributed by atoms with Gasteiger partial charge in [-0.3, -0.25) is 9.59 Å². The molecule has 1 N–H and O–H groups in total. The Balaban J connectivity index is 1.65. The number of carbonyl (C=O) groups is 2. The molecule has 2 aromatic heterocycles. The topological polar surface area (TPSA) is 80.1 Å². The fourth-order valence-electron chi connectivity index (χ4n) is 3.81. The van der Waals surface area contributed by atoms with E-state index in [1.54, 1.807) is 9.58 Å². The van der Waals surface area contributed by atoms with Crippen LogP contribution in [0.25, 0.3) is 11.0 Å². The molecular formula is C26H29N5O2S.